The quantitative estimate of drug-likeness (QED) is 0.854. The van der Waals surface area contributed by atoms with E-state index in [1.54, 1.807) is 0 Å². The summed E-state index contributed by atoms with van der Waals surface area (Å²) >= 11 is 0. The first-order valence-corrected chi connectivity index (χ1v) is 4.75. The Morgan fingerprint density at radius 1 is 1.35 bits per heavy atom. The molecule has 0 fully saturated rings. The molecule has 3 nitrogen and oxygen atoms in total. The normalized spacial score (nSPS) is 15.4. The fourth-order valence-electron chi connectivity index (χ4n) is 1.35. The number of benzene rings is 1. The van der Waals surface area contributed by atoms with E-state index < -0.39 is 29.7 Å². The summed E-state index contributed by atoms with van der Waals surface area (Å²) in [5.74, 6) is -7.57. The van der Waals surface area contributed by atoms with E-state index >= 15 is 0 Å². The fraction of sp³-hybridized carbons (Fsp3) is 0.364. The van der Waals surface area contributed by atoms with Gasteiger partial charge < -0.3 is 10.2 Å². The molecule has 1 aromatic carbocycles. The van der Waals surface area contributed by atoms with E-state index in [-0.39, 0.29) is 5.56 Å². The Balaban J connectivity index is 3.02. The number of rotatable bonds is 4. The molecular weight excluding hydrogens is 237 g/mol. The van der Waals surface area contributed by atoms with E-state index in [9.17, 15) is 23.1 Å². The largest absolute Gasteiger partial charge is 0.477 e. The van der Waals surface area contributed by atoms with Crippen molar-refractivity contribution in [2.75, 3.05) is 0 Å². The van der Waals surface area contributed by atoms with E-state index in [0.29, 0.717) is 6.92 Å². The molecule has 17 heavy (non-hydrogen) atoms. The maximum absolute atomic E-state index is 13.2. The highest BCUT2D eigenvalue weighted by Gasteiger charge is 2.55. The maximum atomic E-state index is 13.2. The minimum absolute atomic E-state index is 0.168. The average molecular weight is 248 g/mol. The van der Waals surface area contributed by atoms with Gasteiger partial charge in [0, 0.05) is 6.42 Å². The Hall–Kier alpha value is -1.56. The molecule has 0 aliphatic heterocycles. The second-order valence-corrected chi connectivity index (χ2v) is 3.92. The molecule has 0 aliphatic carbocycles. The Morgan fingerprint density at radius 3 is 2.35 bits per heavy atom. The van der Waals surface area contributed by atoms with Crippen LogP contribution >= 0.6 is 0 Å². The number of carboxylic acid groups (broad SMARTS) is 1. The lowest BCUT2D eigenvalue weighted by Gasteiger charge is -2.29. The molecule has 0 spiro atoms. The van der Waals surface area contributed by atoms with Crippen molar-refractivity contribution < 1.29 is 28.2 Å². The van der Waals surface area contributed by atoms with Crippen LogP contribution in [0.1, 0.15) is 12.5 Å². The van der Waals surface area contributed by atoms with Crippen molar-refractivity contribution in [3.63, 3.8) is 0 Å². The summed E-state index contributed by atoms with van der Waals surface area (Å²) in [5, 5.41) is 17.8. The van der Waals surface area contributed by atoms with Crippen LogP contribution in [-0.2, 0) is 11.2 Å². The average Bonchev–Trinajstić information content (AvgIpc) is 2.20. The first-order valence-electron chi connectivity index (χ1n) is 4.75. The van der Waals surface area contributed by atoms with Gasteiger partial charge in [0.25, 0.3) is 0 Å². The zero-order chi connectivity index (χ0) is 13.3. The Bertz CT molecular complexity index is 430. The summed E-state index contributed by atoms with van der Waals surface area (Å²) in [5.41, 5.74) is -3.03. The molecule has 94 valence electrons. The third-order valence-corrected chi connectivity index (χ3v) is 2.44. The smallest absolute Gasteiger partial charge is 0.377 e. The highest BCUT2D eigenvalue weighted by Crippen LogP contribution is 2.32. The molecule has 0 aliphatic rings. The van der Waals surface area contributed by atoms with E-state index in [4.69, 9.17) is 5.11 Å². The summed E-state index contributed by atoms with van der Waals surface area (Å²) in [6.07, 6.45) is -0.793. The molecule has 0 heterocycles. The van der Waals surface area contributed by atoms with Crippen molar-refractivity contribution in [1.29, 1.82) is 0 Å². The standard InChI is InChI=1S/C11H11F3O3/c1-10(17,11(13,14)9(15)16)6-7-4-2-3-5-8(7)12/h2-5,17H,6H2,1H3,(H,15,16). The van der Waals surface area contributed by atoms with Gasteiger partial charge in [-0.2, -0.15) is 8.78 Å². The summed E-state index contributed by atoms with van der Waals surface area (Å²) < 4.78 is 39.5. The molecule has 0 amide bonds. The summed E-state index contributed by atoms with van der Waals surface area (Å²) in [6, 6.07) is 5.03. The molecule has 1 aromatic rings. The van der Waals surface area contributed by atoms with Gasteiger partial charge in [0.05, 0.1) is 0 Å². The molecule has 0 radical (unpaired) electrons. The number of aliphatic hydroxyl groups is 1. The van der Waals surface area contributed by atoms with E-state index in [1.165, 1.54) is 18.2 Å². The Labute approximate surface area is 95.5 Å². The number of hydrogen-bond acceptors (Lipinski definition) is 2. The van der Waals surface area contributed by atoms with E-state index in [1.807, 2.05) is 0 Å². The Morgan fingerprint density at radius 2 is 1.88 bits per heavy atom. The number of alkyl halides is 2. The van der Waals surface area contributed by atoms with Crippen LogP contribution in [0.25, 0.3) is 0 Å². The minimum Gasteiger partial charge on any atom is -0.477 e. The van der Waals surface area contributed by atoms with Gasteiger partial charge in [0.15, 0.2) is 0 Å². The van der Waals surface area contributed by atoms with Crippen LogP contribution in [0.15, 0.2) is 24.3 Å². The predicted molar refractivity (Wildman–Crippen MR) is 53.3 cm³/mol. The van der Waals surface area contributed by atoms with Crippen molar-refractivity contribution in [1.82, 2.24) is 0 Å². The van der Waals surface area contributed by atoms with Gasteiger partial charge >= 0.3 is 11.9 Å². The number of carbonyl (C=O) groups is 1. The van der Waals surface area contributed by atoms with Crippen LogP contribution in [-0.4, -0.2) is 27.7 Å². The number of hydrogen-bond donors (Lipinski definition) is 2. The predicted octanol–water partition coefficient (Wildman–Crippen LogP) is 1.84. The summed E-state index contributed by atoms with van der Waals surface area (Å²) in [4.78, 5) is 10.3. The maximum Gasteiger partial charge on any atom is 0.377 e. The first kappa shape index (κ1) is 13.5. The van der Waals surface area contributed by atoms with Gasteiger partial charge in [0.2, 0.25) is 0 Å². The van der Waals surface area contributed by atoms with Crippen LogP contribution in [0.5, 0.6) is 0 Å². The molecule has 0 aromatic heterocycles. The highest BCUT2D eigenvalue weighted by molar-refractivity contribution is 5.77. The monoisotopic (exact) mass is 248 g/mol. The molecule has 6 heteroatoms. The van der Waals surface area contributed by atoms with E-state index in [0.717, 1.165) is 6.07 Å². The van der Waals surface area contributed by atoms with Crippen molar-refractivity contribution in [2.24, 2.45) is 0 Å². The van der Waals surface area contributed by atoms with Gasteiger partial charge in [-0.05, 0) is 18.6 Å². The van der Waals surface area contributed by atoms with Crippen LogP contribution in [0.2, 0.25) is 0 Å². The highest BCUT2D eigenvalue weighted by atomic mass is 19.3. The van der Waals surface area contributed by atoms with Crippen LogP contribution in [0, 0.1) is 5.82 Å². The van der Waals surface area contributed by atoms with Gasteiger partial charge in [-0.15, -0.1) is 0 Å². The lowest BCUT2D eigenvalue weighted by atomic mass is 9.90. The van der Waals surface area contributed by atoms with Gasteiger partial charge in [0.1, 0.15) is 11.4 Å². The van der Waals surface area contributed by atoms with Crippen molar-refractivity contribution in [3.8, 4) is 0 Å². The van der Waals surface area contributed by atoms with Crippen molar-refractivity contribution in [3.05, 3.63) is 35.6 Å². The summed E-state index contributed by atoms with van der Waals surface area (Å²) in [6.45, 7) is 0.660. The fourth-order valence-corrected chi connectivity index (χ4v) is 1.35. The first-order chi connectivity index (χ1) is 7.68. The number of aliphatic carboxylic acids is 1. The third-order valence-electron chi connectivity index (χ3n) is 2.44. The molecule has 2 N–H and O–H groups in total. The molecular formula is C11H11F3O3. The van der Waals surface area contributed by atoms with Gasteiger partial charge in [-0.25, -0.2) is 9.18 Å². The lowest BCUT2D eigenvalue weighted by molar-refractivity contribution is -0.203. The molecule has 1 unspecified atom stereocenters. The van der Waals surface area contributed by atoms with Crippen LogP contribution in [0.3, 0.4) is 0 Å². The van der Waals surface area contributed by atoms with E-state index in [2.05, 4.69) is 0 Å². The van der Waals surface area contributed by atoms with Gasteiger partial charge in [-0.1, -0.05) is 18.2 Å². The SMILES string of the molecule is CC(O)(Cc1ccccc1F)C(F)(F)C(=O)O. The minimum atomic E-state index is -4.35. The number of carboxylic acids is 1. The Kier molecular flexibility index (Phi) is 3.47. The molecule has 0 saturated heterocycles. The molecule has 0 saturated carbocycles. The van der Waals surface area contributed by atoms with Crippen LogP contribution in [0.4, 0.5) is 13.2 Å². The summed E-state index contributed by atoms with van der Waals surface area (Å²) in [7, 11) is 0. The second-order valence-electron chi connectivity index (χ2n) is 3.92. The number of halogens is 3. The zero-order valence-corrected chi connectivity index (χ0v) is 8.95. The van der Waals surface area contributed by atoms with Crippen molar-refractivity contribution >= 4 is 5.97 Å². The topological polar surface area (TPSA) is 57.5 Å². The van der Waals surface area contributed by atoms with Crippen molar-refractivity contribution in [2.45, 2.75) is 24.9 Å². The molecule has 1 atom stereocenters. The second kappa shape index (κ2) is 4.37. The molecule has 1 rings (SSSR count). The lowest BCUT2D eigenvalue weighted by Crippen LogP contribution is -2.52. The zero-order valence-electron chi connectivity index (χ0n) is 8.95. The molecule has 0 bridgehead atoms. The van der Waals surface area contributed by atoms with Crippen LogP contribution < -0.4 is 0 Å². The third kappa shape index (κ3) is 2.58. The van der Waals surface area contributed by atoms with Gasteiger partial charge in [-0.3, -0.25) is 0 Å².